The zero-order valence-electron chi connectivity index (χ0n) is 35.8. The van der Waals surface area contributed by atoms with Gasteiger partial charge < -0.3 is 36.5 Å². The van der Waals surface area contributed by atoms with Gasteiger partial charge in [-0.2, -0.15) is 0 Å². The smallest absolute Gasteiger partial charge is 0.411 e. The molecule has 1 aromatic carbocycles. The molecule has 21 nitrogen and oxygen atoms in total. The van der Waals surface area contributed by atoms with Crippen LogP contribution < -0.4 is 27.0 Å². The van der Waals surface area contributed by atoms with Gasteiger partial charge in [0.05, 0.1) is 18.0 Å². The molecule has 0 spiro atoms. The summed E-state index contributed by atoms with van der Waals surface area (Å²) in [5.74, 6) is -2.30. The molecule has 1 unspecified atom stereocenters. The molecule has 1 aliphatic heterocycles. The summed E-state index contributed by atoms with van der Waals surface area (Å²) in [5.41, 5.74) is 6.76. The van der Waals surface area contributed by atoms with Crippen molar-refractivity contribution < 1.29 is 51.5 Å². The number of hydrogen-bond donors (Lipinski definition) is 5. The van der Waals surface area contributed by atoms with Crippen molar-refractivity contribution in [2.24, 2.45) is 23.5 Å². The van der Waals surface area contributed by atoms with Gasteiger partial charge in [-0.25, -0.2) is 13.2 Å². The Morgan fingerprint density at radius 2 is 1.73 bits per heavy atom. The maximum Gasteiger partial charge on any atom is 0.411 e. The van der Waals surface area contributed by atoms with Crippen LogP contribution in [0.4, 0.5) is 10.5 Å². The molecule has 22 heteroatoms. The van der Waals surface area contributed by atoms with Crippen LogP contribution in [-0.2, 0) is 67.8 Å². The average molecular weight is 889 g/mol. The lowest BCUT2D eigenvalue weighted by Gasteiger charge is -2.31. The Morgan fingerprint density at radius 3 is 2.37 bits per heavy atom. The predicted octanol–water partition coefficient (Wildman–Crippen LogP) is 0.440. The summed E-state index contributed by atoms with van der Waals surface area (Å²) in [6.07, 6.45) is 6.67. The highest BCUT2D eigenvalue weighted by atomic mass is 32.2. The fraction of sp³-hybridized carbons (Fsp3) is 0.625. The van der Waals surface area contributed by atoms with Crippen LogP contribution in [0.3, 0.4) is 0 Å². The van der Waals surface area contributed by atoms with Crippen LogP contribution in [0.25, 0.3) is 0 Å². The molecule has 62 heavy (non-hydrogen) atoms. The summed E-state index contributed by atoms with van der Waals surface area (Å²) in [4.78, 5) is 88.7. The van der Waals surface area contributed by atoms with Gasteiger partial charge in [0.2, 0.25) is 35.4 Å². The van der Waals surface area contributed by atoms with Crippen molar-refractivity contribution in [2.75, 3.05) is 50.3 Å². The number of anilines is 1. The van der Waals surface area contributed by atoms with Crippen molar-refractivity contribution in [1.29, 1.82) is 0 Å². The Kier molecular flexibility index (Phi) is 18.8. The quantitative estimate of drug-likeness (QED) is 0.0707. The third-order valence-electron chi connectivity index (χ3n) is 10.6. The number of benzene rings is 1. The predicted molar refractivity (Wildman–Crippen MR) is 224 cm³/mol. The van der Waals surface area contributed by atoms with E-state index in [1.165, 1.54) is 11.8 Å². The van der Waals surface area contributed by atoms with Crippen LogP contribution in [-0.4, -0.2) is 132 Å². The molecule has 1 aliphatic carbocycles. The molecule has 2 aliphatic rings. The second-order valence-corrected chi connectivity index (χ2v) is 18.5. The molecule has 2 atom stereocenters. The highest BCUT2D eigenvalue weighted by Gasteiger charge is 2.41. The topological polar surface area (TPSA) is 283 Å². The SMILES string of the molecule is CC(C)C1CC(=O)N(CC2CCC(NCc3cn(CCCC(=O)NCC(=O)N[C@@H](C)C(=O)Nc4ccc(COC(=O)N(CCS(C)(=O)=O)COCC(N)=O)cc4)nn3)CC2)C1=O. The van der Waals surface area contributed by atoms with Gasteiger partial charge in [0, 0.05) is 69.1 Å². The molecular formula is C40H60N10O11S. The van der Waals surface area contributed by atoms with Gasteiger partial charge in [0.15, 0.2) is 0 Å². The number of ether oxygens (including phenoxy) is 2. The summed E-state index contributed by atoms with van der Waals surface area (Å²) < 4.78 is 35.1. The van der Waals surface area contributed by atoms with E-state index in [4.69, 9.17) is 15.2 Å². The fourth-order valence-electron chi connectivity index (χ4n) is 6.95. The maximum absolute atomic E-state index is 12.7. The Hall–Kier alpha value is -5.48. The zero-order valence-corrected chi connectivity index (χ0v) is 36.6. The number of likely N-dealkylation sites (tertiary alicyclic amines) is 1. The Morgan fingerprint density at radius 1 is 1.02 bits per heavy atom. The second kappa shape index (κ2) is 23.7. The summed E-state index contributed by atoms with van der Waals surface area (Å²) in [6.45, 7) is 5.36. The number of amides is 7. The van der Waals surface area contributed by atoms with Crippen LogP contribution >= 0.6 is 0 Å². The number of sulfone groups is 1. The molecule has 1 aromatic heterocycles. The lowest BCUT2D eigenvalue weighted by Crippen LogP contribution is -2.45. The maximum atomic E-state index is 12.7. The minimum Gasteiger partial charge on any atom is -0.444 e. The van der Waals surface area contributed by atoms with Crippen LogP contribution in [0.5, 0.6) is 0 Å². The third-order valence-corrected chi connectivity index (χ3v) is 11.5. The summed E-state index contributed by atoms with van der Waals surface area (Å²) >= 11 is 0. The number of imide groups is 1. The minimum atomic E-state index is -3.40. The Bertz CT molecular complexity index is 1980. The van der Waals surface area contributed by atoms with E-state index in [0.717, 1.165) is 42.5 Å². The van der Waals surface area contributed by atoms with Crippen molar-refractivity contribution in [2.45, 2.75) is 97.5 Å². The van der Waals surface area contributed by atoms with Gasteiger partial charge >= 0.3 is 6.09 Å². The molecule has 4 rings (SSSR count). The minimum absolute atomic E-state index is 0.0242. The lowest BCUT2D eigenvalue weighted by molar-refractivity contribution is -0.140. The molecule has 6 N–H and O–H groups in total. The number of nitrogens with two attached hydrogens (primary N) is 1. The van der Waals surface area contributed by atoms with Crippen molar-refractivity contribution >= 4 is 57.1 Å². The van der Waals surface area contributed by atoms with Gasteiger partial charge in [-0.1, -0.05) is 31.2 Å². The molecule has 1 saturated carbocycles. The summed E-state index contributed by atoms with van der Waals surface area (Å²) in [5, 5.41) is 19.7. The highest BCUT2D eigenvalue weighted by molar-refractivity contribution is 7.90. The summed E-state index contributed by atoms with van der Waals surface area (Å²) in [6, 6.07) is 5.68. The first-order chi connectivity index (χ1) is 29.4. The summed E-state index contributed by atoms with van der Waals surface area (Å²) in [7, 11) is -3.40. The van der Waals surface area contributed by atoms with Crippen molar-refractivity contribution in [1.82, 2.24) is 40.7 Å². The first kappa shape index (κ1) is 49.2. The van der Waals surface area contributed by atoms with Crippen LogP contribution in [0.2, 0.25) is 0 Å². The van der Waals surface area contributed by atoms with E-state index in [1.807, 2.05) is 20.0 Å². The van der Waals surface area contributed by atoms with E-state index in [9.17, 15) is 42.0 Å². The Balaban J connectivity index is 1.06. The van der Waals surface area contributed by atoms with Crippen LogP contribution in [0.1, 0.15) is 77.0 Å². The van der Waals surface area contributed by atoms with Crippen LogP contribution in [0.15, 0.2) is 30.5 Å². The zero-order chi connectivity index (χ0) is 45.4. The van der Waals surface area contributed by atoms with E-state index < -0.39 is 53.0 Å². The third kappa shape index (κ3) is 16.8. The van der Waals surface area contributed by atoms with Crippen molar-refractivity contribution in [3.05, 3.63) is 41.7 Å². The van der Waals surface area contributed by atoms with Gasteiger partial charge in [-0.3, -0.25) is 43.2 Å². The van der Waals surface area contributed by atoms with E-state index in [-0.39, 0.29) is 61.4 Å². The number of primary amides is 1. The highest BCUT2D eigenvalue weighted by Crippen LogP contribution is 2.31. The molecule has 342 valence electrons. The van der Waals surface area contributed by atoms with Gasteiger partial charge in [0.25, 0.3) is 0 Å². The van der Waals surface area contributed by atoms with Crippen LogP contribution in [0, 0.1) is 17.8 Å². The molecule has 2 aromatic rings. The molecule has 0 bridgehead atoms. The molecule has 7 amide bonds. The average Bonchev–Trinajstić information content (AvgIpc) is 3.79. The lowest BCUT2D eigenvalue weighted by atomic mass is 9.85. The largest absolute Gasteiger partial charge is 0.444 e. The molecular weight excluding hydrogens is 829 g/mol. The number of nitrogens with zero attached hydrogens (tertiary/aromatic N) is 5. The molecule has 2 heterocycles. The molecule has 0 radical (unpaired) electrons. The number of rotatable bonds is 24. The van der Waals surface area contributed by atoms with E-state index in [1.54, 1.807) is 28.9 Å². The van der Waals surface area contributed by atoms with Gasteiger partial charge in [-0.05, 0) is 68.6 Å². The monoisotopic (exact) mass is 888 g/mol. The first-order valence-corrected chi connectivity index (χ1v) is 22.8. The number of carbonyl (C=O) groups is 7. The van der Waals surface area contributed by atoms with Crippen molar-refractivity contribution in [3.63, 3.8) is 0 Å². The molecule has 2 fully saturated rings. The number of aromatic nitrogens is 3. The van der Waals surface area contributed by atoms with Gasteiger partial charge in [0.1, 0.15) is 35.8 Å². The van der Waals surface area contributed by atoms with Crippen molar-refractivity contribution in [3.8, 4) is 0 Å². The van der Waals surface area contributed by atoms with E-state index >= 15 is 0 Å². The normalized spacial score (nSPS) is 18.3. The molecule has 1 saturated heterocycles. The fourth-order valence-corrected chi connectivity index (χ4v) is 7.50. The standard InChI is InChI=1S/C40H60N10O11S/c1-26(2)33-18-37(54)50(39(33)56)21-28-7-11-30(12-8-28)42-19-32-22-49(47-46-32)15-5-6-35(52)43-20-36(53)44-27(3)38(55)45-31-13-9-29(10-14-31)23-61-40(57)48(16-17-62(4,58)59)25-60-24-34(41)51/h9-10,13-14,22,26-28,30,33,42H,5-8,11-12,15-21,23-25H2,1-4H3,(H2,41,51)(H,43,52)(H,44,53)(H,45,55)/t27-,28?,30?,33?/m0/s1. The number of carbonyl (C=O) groups excluding carboxylic acids is 7. The first-order valence-electron chi connectivity index (χ1n) is 20.7. The number of nitrogens with one attached hydrogen (secondary N) is 4. The number of hydrogen-bond acceptors (Lipinski definition) is 14. The van der Waals surface area contributed by atoms with E-state index in [2.05, 4.69) is 31.6 Å². The van der Waals surface area contributed by atoms with E-state index in [0.29, 0.717) is 55.7 Å². The van der Waals surface area contributed by atoms with Gasteiger partial charge in [-0.15, -0.1) is 5.10 Å². The second-order valence-electron chi connectivity index (χ2n) is 16.2. The number of aryl methyl sites for hydroxylation is 1. The Labute approximate surface area is 361 Å².